The number of rotatable bonds is 7. The summed E-state index contributed by atoms with van der Waals surface area (Å²) >= 11 is 7.69. The molecule has 2 aromatic carbocycles. The Hall–Kier alpha value is -4.22. The van der Waals surface area contributed by atoms with E-state index in [9.17, 15) is 24.3 Å². The number of halogens is 1. The molecule has 1 aromatic heterocycles. The third kappa shape index (κ3) is 6.73. The number of carboxylic acids is 1. The quantitative estimate of drug-likeness (QED) is 0.271. The van der Waals surface area contributed by atoms with Crippen molar-refractivity contribution in [2.45, 2.75) is 44.9 Å². The van der Waals surface area contributed by atoms with Crippen LogP contribution in [0.3, 0.4) is 0 Å². The standard InChI is InChI=1S/C31H31ClN4O6S/c1-31(2,3)42-23-15-19(22(37)16-26(39)40)8-11-21(23)29-34-27(18-6-9-20(32)10-7-18)28(24-5-4-14-43-24)36(29)30(41)35-13-12-33-25(38)17-35/h4-11,14-15,27-28H,12-13,16-17H2,1-3H3,(H,33,38)(H,39,40)/t27-,28+/m0/s1. The summed E-state index contributed by atoms with van der Waals surface area (Å²) in [5, 5.41) is 14.4. The monoisotopic (exact) mass is 622 g/mol. The van der Waals surface area contributed by atoms with E-state index in [-0.39, 0.29) is 23.8 Å². The first-order valence-electron chi connectivity index (χ1n) is 13.7. The summed E-state index contributed by atoms with van der Waals surface area (Å²) in [6.45, 7) is 6.09. The van der Waals surface area contributed by atoms with Gasteiger partial charge in [0.05, 0.1) is 5.56 Å². The average Bonchev–Trinajstić information content (AvgIpc) is 3.60. The minimum atomic E-state index is -1.24. The zero-order valence-corrected chi connectivity index (χ0v) is 25.4. The molecule has 3 heterocycles. The van der Waals surface area contributed by atoms with Crippen LogP contribution in [0.2, 0.25) is 5.02 Å². The molecular weight excluding hydrogens is 592 g/mol. The third-order valence-electron chi connectivity index (χ3n) is 6.90. The first kappa shape index (κ1) is 30.2. The molecule has 2 N–H and O–H groups in total. The molecule has 0 radical (unpaired) electrons. The van der Waals surface area contributed by atoms with Crippen LogP contribution in [0.15, 0.2) is 65.0 Å². The number of amidine groups is 1. The molecule has 2 aliphatic heterocycles. The van der Waals surface area contributed by atoms with E-state index in [4.69, 9.17) is 21.3 Å². The predicted molar refractivity (Wildman–Crippen MR) is 163 cm³/mol. The highest BCUT2D eigenvalue weighted by atomic mass is 35.5. The van der Waals surface area contributed by atoms with E-state index in [0.717, 1.165) is 10.4 Å². The van der Waals surface area contributed by atoms with Gasteiger partial charge in [0.25, 0.3) is 0 Å². The number of amides is 3. The Morgan fingerprint density at radius 3 is 2.51 bits per heavy atom. The lowest BCUT2D eigenvalue weighted by Crippen LogP contribution is -2.55. The molecular formula is C31H31ClN4O6S. The van der Waals surface area contributed by atoms with E-state index < -0.39 is 41.9 Å². The maximum absolute atomic E-state index is 14.4. The van der Waals surface area contributed by atoms with Gasteiger partial charge in [-0.05, 0) is 62.0 Å². The highest BCUT2D eigenvalue weighted by molar-refractivity contribution is 7.10. The van der Waals surface area contributed by atoms with Crippen molar-refractivity contribution in [2.24, 2.45) is 4.99 Å². The van der Waals surface area contributed by atoms with Gasteiger partial charge in [0.1, 0.15) is 42.2 Å². The van der Waals surface area contributed by atoms with E-state index >= 15 is 0 Å². The van der Waals surface area contributed by atoms with Gasteiger partial charge in [0.2, 0.25) is 5.91 Å². The van der Waals surface area contributed by atoms with Crippen molar-refractivity contribution >= 4 is 52.5 Å². The highest BCUT2D eigenvalue weighted by Gasteiger charge is 2.45. The average molecular weight is 623 g/mol. The summed E-state index contributed by atoms with van der Waals surface area (Å²) in [5.41, 5.74) is 0.747. The summed E-state index contributed by atoms with van der Waals surface area (Å²) in [6.07, 6.45) is -0.671. The van der Waals surface area contributed by atoms with Crippen LogP contribution in [0.4, 0.5) is 4.79 Å². The second-order valence-electron chi connectivity index (χ2n) is 11.3. The molecule has 1 saturated heterocycles. The summed E-state index contributed by atoms with van der Waals surface area (Å²) < 4.78 is 6.30. The van der Waals surface area contributed by atoms with Crippen molar-refractivity contribution < 1.29 is 29.0 Å². The lowest BCUT2D eigenvalue weighted by atomic mass is 9.98. The molecule has 3 amide bonds. The van der Waals surface area contributed by atoms with Crippen LogP contribution >= 0.6 is 22.9 Å². The number of thiophene rings is 1. The van der Waals surface area contributed by atoms with Gasteiger partial charge in [-0.2, -0.15) is 0 Å². The second-order valence-corrected chi connectivity index (χ2v) is 12.7. The smallest absolute Gasteiger partial charge is 0.326 e. The molecule has 5 rings (SSSR count). The Labute approximate surface area is 257 Å². The topological polar surface area (TPSA) is 129 Å². The Morgan fingerprint density at radius 1 is 1.14 bits per heavy atom. The number of aliphatic imine (C=N–C) groups is 1. The Balaban J connectivity index is 1.69. The van der Waals surface area contributed by atoms with Crippen LogP contribution < -0.4 is 10.1 Å². The van der Waals surface area contributed by atoms with E-state index in [2.05, 4.69) is 5.32 Å². The second kappa shape index (κ2) is 12.2. The van der Waals surface area contributed by atoms with Gasteiger partial charge >= 0.3 is 12.0 Å². The number of urea groups is 1. The van der Waals surface area contributed by atoms with Gasteiger partial charge in [0, 0.05) is 28.6 Å². The highest BCUT2D eigenvalue weighted by Crippen LogP contribution is 2.46. The number of ether oxygens (including phenoxy) is 1. The van der Waals surface area contributed by atoms with Crippen LogP contribution in [-0.4, -0.2) is 69.7 Å². The molecule has 0 spiro atoms. The number of nitrogens with one attached hydrogen (secondary N) is 1. The lowest BCUT2D eigenvalue weighted by Gasteiger charge is -2.35. The fourth-order valence-electron chi connectivity index (χ4n) is 5.09. The number of carboxylic acid groups (broad SMARTS) is 1. The van der Waals surface area contributed by atoms with E-state index in [1.165, 1.54) is 28.4 Å². The van der Waals surface area contributed by atoms with Crippen molar-refractivity contribution in [1.29, 1.82) is 0 Å². The van der Waals surface area contributed by atoms with Gasteiger partial charge in [-0.1, -0.05) is 35.9 Å². The fraction of sp³-hybridized carbons (Fsp3) is 0.323. The Bertz CT molecular complexity index is 1580. The number of Topliss-reactive ketones (excluding diaryl/α,β-unsaturated/α-hetero) is 1. The van der Waals surface area contributed by atoms with E-state index in [0.29, 0.717) is 29.5 Å². The van der Waals surface area contributed by atoms with Crippen molar-refractivity contribution in [3.63, 3.8) is 0 Å². The van der Waals surface area contributed by atoms with Crippen molar-refractivity contribution in [3.8, 4) is 5.75 Å². The fourth-order valence-corrected chi connectivity index (χ4v) is 6.07. The third-order valence-corrected chi connectivity index (χ3v) is 8.10. The lowest BCUT2D eigenvalue weighted by molar-refractivity contribution is -0.136. The number of piperazine rings is 1. The van der Waals surface area contributed by atoms with Gasteiger partial charge in [-0.15, -0.1) is 11.3 Å². The molecule has 1 fully saturated rings. The van der Waals surface area contributed by atoms with Crippen LogP contribution in [0.25, 0.3) is 0 Å². The zero-order valence-electron chi connectivity index (χ0n) is 23.9. The zero-order chi connectivity index (χ0) is 30.9. The number of nitrogens with zero attached hydrogens (tertiary/aromatic N) is 3. The molecule has 0 bridgehead atoms. The predicted octanol–water partition coefficient (Wildman–Crippen LogP) is 5.33. The Kier molecular flexibility index (Phi) is 8.57. The largest absolute Gasteiger partial charge is 0.487 e. The van der Waals surface area contributed by atoms with Crippen LogP contribution in [-0.2, 0) is 9.59 Å². The number of carbonyl (C=O) groups is 4. The number of aliphatic carboxylic acids is 1. The molecule has 2 atom stereocenters. The molecule has 10 nitrogen and oxygen atoms in total. The SMILES string of the molecule is CC(C)(C)Oc1cc(C(=O)CC(=O)O)ccc1C1=N[C@@H](c2ccc(Cl)cc2)[C@@H](c2cccs2)N1C(=O)N1CCNC(=O)C1. The van der Waals surface area contributed by atoms with Crippen molar-refractivity contribution in [3.05, 3.63) is 86.6 Å². The molecule has 3 aromatic rings. The van der Waals surface area contributed by atoms with E-state index in [1.807, 2.05) is 50.4 Å². The summed E-state index contributed by atoms with van der Waals surface area (Å²) in [7, 11) is 0. The minimum Gasteiger partial charge on any atom is -0.487 e. The summed E-state index contributed by atoms with van der Waals surface area (Å²) in [6, 6.07) is 14.3. The maximum atomic E-state index is 14.4. The number of hydrogen-bond acceptors (Lipinski definition) is 7. The number of carbonyl (C=O) groups excluding carboxylic acids is 3. The summed E-state index contributed by atoms with van der Waals surface area (Å²) in [4.78, 5) is 59.7. The molecule has 2 aliphatic rings. The van der Waals surface area contributed by atoms with Gasteiger partial charge < -0.3 is 20.1 Å². The van der Waals surface area contributed by atoms with Crippen LogP contribution in [0.5, 0.6) is 5.75 Å². The minimum absolute atomic E-state index is 0.0979. The molecule has 224 valence electrons. The van der Waals surface area contributed by atoms with Crippen LogP contribution in [0.1, 0.15) is 65.6 Å². The molecule has 0 unspecified atom stereocenters. The number of benzene rings is 2. The first-order valence-corrected chi connectivity index (χ1v) is 15.0. The summed E-state index contributed by atoms with van der Waals surface area (Å²) in [5.74, 6) is -1.48. The Morgan fingerprint density at radius 2 is 1.88 bits per heavy atom. The molecule has 43 heavy (non-hydrogen) atoms. The maximum Gasteiger partial charge on any atom is 0.326 e. The van der Waals surface area contributed by atoms with Gasteiger partial charge in [-0.25, -0.2) is 4.79 Å². The molecule has 0 saturated carbocycles. The number of hydrogen-bond donors (Lipinski definition) is 2. The number of ketones is 1. The van der Waals surface area contributed by atoms with Crippen LogP contribution in [0, 0.1) is 0 Å². The molecule has 12 heteroatoms. The molecule has 0 aliphatic carbocycles. The van der Waals surface area contributed by atoms with Gasteiger partial charge in [0.15, 0.2) is 5.78 Å². The van der Waals surface area contributed by atoms with Crippen molar-refractivity contribution in [1.82, 2.24) is 15.1 Å². The van der Waals surface area contributed by atoms with Crippen molar-refractivity contribution in [2.75, 3.05) is 19.6 Å². The van der Waals surface area contributed by atoms with Gasteiger partial charge in [-0.3, -0.25) is 24.3 Å². The van der Waals surface area contributed by atoms with E-state index in [1.54, 1.807) is 23.1 Å². The normalized spacial score (nSPS) is 18.7. The first-order chi connectivity index (χ1) is 20.4.